The summed E-state index contributed by atoms with van der Waals surface area (Å²) in [5.41, 5.74) is 6.92. The summed E-state index contributed by atoms with van der Waals surface area (Å²) < 4.78 is 5.35. The molecule has 17 heavy (non-hydrogen) atoms. The van der Waals surface area contributed by atoms with Gasteiger partial charge in [-0.1, -0.05) is 26.0 Å². The zero-order valence-electron chi connectivity index (χ0n) is 10.2. The second-order valence-electron chi connectivity index (χ2n) is 3.94. The molecule has 0 spiro atoms. The highest BCUT2D eigenvalue weighted by Gasteiger charge is 2.16. The summed E-state index contributed by atoms with van der Waals surface area (Å²) >= 11 is 0. The van der Waals surface area contributed by atoms with Crippen LogP contribution in [-0.4, -0.2) is 17.2 Å². The Bertz CT molecular complexity index is 361. The highest BCUT2D eigenvalue weighted by Crippen LogP contribution is 2.19. The van der Waals surface area contributed by atoms with Crippen LogP contribution < -0.4 is 10.5 Å². The van der Waals surface area contributed by atoms with Crippen molar-refractivity contribution in [3.8, 4) is 5.75 Å². The van der Waals surface area contributed by atoms with Gasteiger partial charge in [-0.3, -0.25) is 0 Å². The SMILES string of the molecule is CCC(Oc1ccc(C(N)CC)cc1)C(=O)O. The molecular weight excluding hydrogens is 218 g/mol. The number of carboxylic acids is 1. The van der Waals surface area contributed by atoms with Crippen molar-refractivity contribution >= 4 is 5.97 Å². The lowest BCUT2D eigenvalue weighted by molar-refractivity contribution is -0.145. The molecule has 2 unspecified atom stereocenters. The van der Waals surface area contributed by atoms with Crippen molar-refractivity contribution in [2.75, 3.05) is 0 Å². The minimum absolute atomic E-state index is 0.0190. The van der Waals surface area contributed by atoms with Crippen molar-refractivity contribution in [1.82, 2.24) is 0 Å². The molecule has 0 amide bonds. The third-order valence-electron chi connectivity index (χ3n) is 2.67. The molecule has 0 heterocycles. The van der Waals surface area contributed by atoms with Gasteiger partial charge >= 0.3 is 5.97 Å². The number of hydrogen-bond donors (Lipinski definition) is 2. The zero-order chi connectivity index (χ0) is 12.8. The summed E-state index contributed by atoms with van der Waals surface area (Å²) in [4.78, 5) is 10.8. The number of rotatable bonds is 6. The Morgan fingerprint density at radius 2 is 1.88 bits per heavy atom. The van der Waals surface area contributed by atoms with E-state index in [-0.39, 0.29) is 6.04 Å². The molecule has 1 rings (SSSR count). The summed E-state index contributed by atoms with van der Waals surface area (Å²) in [5.74, 6) is -0.381. The maximum Gasteiger partial charge on any atom is 0.344 e. The van der Waals surface area contributed by atoms with Gasteiger partial charge in [0.2, 0.25) is 0 Å². The number of carboxylic acid groups (broad SMARTS) is 1. The predicted molar refractivity (Wildman–Crippen MR) is 66.0 cm³/mol. The molecule has 3 N–H and O–H groups in total. The van der Waals surface area contributed by atoms with Crippen LogP contribution in [0.3, 0.4) is 0 Å². The number of hydrogen-bond acceptors (Lipinski definition) is 3. The van der Waals surface area contributed by atoms with Gasteiger partial charge in [0, 0.05) is 6.04 Å². The molecule has 1 aromatic rings. The Labute approximate surface area is 101 Å². The van der Waals surface area contributed by atoms with Crippen LogP contribution in [0.4, 0.5) is 0 Å². The van der Waals surface area contributed by atoms with E-state index in [0.717, 1.165) is 12.0 Å². The van der Waals surface area contributed by atoms with Crippen LogP contribution in [0.1, 0.15) is 38.3 Å². The van der Waals surface area contributed by atoms with Crippen LogP contribution in [0.15, 0.2) is 24.3 Å². The van der Waals surface area contributed by atoms with Gasteiger partial charge in [-0.25, -0.2) is 4.79 Å². The van der Waals surface area contributed by atoms with E-state index >= 15 is 0 Å². The monoisotopic (exact) mass is 237 g/mol. The van der Waals surface area contributed by atoms with E-state index in [1.165, 1.54) is 0 Å². The van der Waals surface area contributed by atoms with Crippen molar-refractivity contribution in [3.63, 3.8) is 0 Å². The fourth-order valence-electron chi connectivity index (χ4n) is 1.50. The molecule has 1 aromatic carbocycles. The Kier molecular flexibility index (Phi) is 4.97. The fraction of sp³-hybridized carbons (Fsp3) is 0.462. The van der Waals surface area contributed by atoms with Gasteiger partial charge in [-0.2, -0.15) is 0 Å². The second kappa shape index (κ2) is 6.25. The minimum atomic E-state index is -0.943. The summed E-state index contributed by atoms with van der Waals surface area (Å²) in [6.45, 7) is 3.80. The van der Waals surface area contributed by atoms with E-state index in [2.05, 4.69) is 0 Å². The summed E-state index contributed by atoms with van der Waals surface area (Å²) in [7, 11) is 0. The van der Waals surface area contributed by atoms with Gasteiger partial charge in [-0.15, -0.1) is 0 Å². The summed E-state index contributed by atoms with van der Waals surface area (Å²) in [6.07, 6.45) is 0.513. The molecular formula is C13H19NO3. The average molecular weight is 237 g/mol. The van der Waals surface area contributed by atoms with E-state index in [1.807, 2.05) is 19.1 Å². The quantitative estimate of drug-likeness (QED) is 0.796. The molecule has 0 saturated carbocycles. The van der Waals surface area contributed by atoms with Crippen LogP contribution in [0.2, 0.25) is 0 Å². The number of ether oxygens (including phenoxy) is 1. The highest BCUT2D eigenvalue weighted by atomic mass is 16.5. The maximum atomic E-state index is 10.8. The third kappa shape index (κ3) is 3.75. The van der Waals surface area contributed by atoms with Gasteiger partial charge in [0.25, 0.3) is 0 Å². The van der Waals surface area contributed by atoms with Gasteiger partial charge in [0.05, 0.1) is 0 Å². The lowest BCUT2D eigenvalue weighted by atomic mass is 10.1. The van der Waals surface area contributed by atoms with Crippen molar-refractivity contribution in [3.05, 3.63) is 29.8 Å². The van der Waals surface area contributed by atoms with Crippen LogP contribution in [-0.2, 0) is 4.79 Å². The molecule has 0 radical (unpaired) electrons. The molecule has 0 aliphatic rings. The summed E-state index contributed by atoms with van der Waals surface area (Å²) in [5, 5.41) is 8.87. The highest BCUT2D eigenvalue weighted by molar-refractivity contribution is 5.72. The van der Waals surface area contributed by atoms with Crippen molar-refractivity contribution in [2.45, 2.75) is 38.8 Å². The second-order valence-corrected chi connectivity index (χ2v) is 3.94. The van der Waals surface area contributed by atoms with Gasteiger partial charge in [0.15, 0.2) is 6.10 Å². The Balaban J connectivity index is 2.71. The topological polar surface area (TPSA) is 72.5 Å². The molecule has 0 bridgehead atoms. The molecule has 4 nitrogen and oxygen atoms in total. The smallest absolute Gasteiger partial charge is 0.344 e. The first-order chi connectivity index (χ1) is 8.08. The number of benzene rings is 1. The van der Waals surface area contributed by atoms with E-state index in [0.29, 0.717) is 12.2 Å². The fourth-order valence-corrected chi connectivity index (χ4v) is 1.50. The van der Waals surface area contributed by atoms with E-state index in [1.54, 1.807) is 19.1 Å². The maximum absolute atomic E-state index is 10.8. The van der Waals surface area contributed by atoms with Crippen LogP contribution >= 0.6 is 0 Å². The number of aliphatic carboxylic acids is 1. The third-order valence-corrected chi connectivity index (χ3v) is 2.67. The van der Waals surface area contributed by atoms with Crippen molar-refractivity contribution in [1.29, 1.82) is 0 Å². The van der Waals surface area contributed by atoms with Crippen LogP contribution in [0.25, 0.3) is 0 Å². The first kappa shape index (κ1) is 13.5. The normalized spacial score (nSPS) is 14.1. The first-order valence-corrected chi connectivity index (χ1v) is 5.83. The van der Waals surface area contributed by atoms with E-state index in [9.17, 15) is 4.79 Å². The Morgan fingerprint density at radius 1 is 1.29 bits per heavy atom. The first-order valence-electron chi connectivity index (χ1n) is 5.83. The molecule has 0 aliphatic heterocycles. The van der Waals surface area contributed by atoms with Gasteiger partial charge in [0.1, 0.15) is 5.75 Å². The molecule has 4 heteroatoms. The van der Waals surface area contributed by atoms with Crippen molar-refractivity contribution < 1.29 is 14.6 Å². The predicted octanol–water partition coefficient (Wildman–Crippen LogP) is 2.34. The average Bonchev–Trinajstić information content (AvgIpc) is 2.35. The van der Waals surface area contributed by atoms with E-state index in [4.69, 9.17) is 15.6 Å². The summed E-state index contributed by atoms with van der Waals surface area (Å²) in [6, 6.07) is 7.29. The standard InChI is InChI=1S/C13H19NO3/c1-3-11(14)9-5-7-10(8-6-9)17-12(4-2)13(15)16/h5-8,11-12H,3-4,14H2,1-2H3,(H,15,16). The molecule has 0 fully saturated rings. The molecule has 2 atom stereocenters. The minimum Gasteiger partial charge on any atom is -0.479 e. The van der Waals surface area contributed by atoms with Crippen LogP contribution in [0.5, 0.6) is 5.75 Å². The number of nitrogens with two attached hydrogens (primary N) is 1. The van der Waals surface area contributed by atoms with Gasteiger partial charge in [-0.05, 0) is 30.5 Å². The van der Waals surface area contributed by atoms with E-state index < -0.39 is 12.1 Å². The molecule has 0 aromatic heterocycles. The zero-order valence-corrected chi connectivity index (χ0v) is 10.2. The van der Waals surface area contributed by atoms with Gasteiger partial charge < -0.3 is 15.6 Å². The van der Waals surface area contributed by atoms with Crippen LogP contribution in [0, 0.1) is 0 Å². The largest absolute Gasteiger partial charge is 0.479 e. The molecule has 0 aliphatic carbocycles. The number of carbonyl (C=O) groups is 1. The van der Waals surface area contributed by atoms with Crippen molar-refractivity contribution in [2.24, 2.45) is 5.73 Å². The lowest BCUT2D eigenvalue weighted by Gasteiger charge is -2.14. The Hall–Kier alpha value is -1.55. The Morgan fingerprint density at radius 3 is 2.29 bits per heavy atom. The molecule has 94 valence electrons. The lowest BCUT2D eigenvalue weighted by Crippen LogP contribution is -2.25. The molecule has 0 saturated heterocycles.